The number of carbonyl (C=O) groups excluding carboxylic acids is 1. The molecule has 3 heterocycles. The van der Waals surface area contributed by atoms with Gasteiger partial charge >= 0.3 is 12.6 Å². The van der Waals surface area contributed by atoms with E-state index in [9.17, 15) is 23.5 Å². The summed E-state index contributed by atoms with van der Waals surface area (Å²) in [6.07, 6.45) is 3.71. The van der Waals surface area contributed by atoms with Crippen LogP contribution in [0.3, 0.4) is 0 Å². The summed E-state index contributed by atoms with van der Waals surface area (Å²) >= 11 is 6.00. The number of benzene rings is 1. The summed E-state index contributed by atoms with van der Waals surface area (Å²) in [6.45, 7) is 6.72. The molecule has 9 nitrogen and oxygen atoms in total. The van der Waals surface area contributed by atoms with Crippen LogP contribution in [0.15, 0.2) is 30.5 Å². The molecule has 4 rings (SSSR count). The number of piperidine rings is 1. The molecule has 12 heteroatoms. The van der Waals surface area contributed by atoms with Gasteiger partial charge in [0.25, 0.3) is 5.91 Å². The first kappa shape index (κ1) is 31.2. The zero-order valence-corrected chi connectivity index (χ0v) is 24.7. The number of hydrogen-bond donors (Lipinski definition) is 2. The zero-order valence-electron chi connectivity index (χ0n) is 23.9. The maximum absolute atomic E-state index is 14.1. The predicted molar refractivity (Wildman–Crippen MR) is 151 cm³/mol. The van der Waals surface area contributed by atoms with Gasteiger partial charge in [0.05, 0.1) is 17.2 Å². The molecule has 2 aliphatic rings. The first-order valence-electron chi connectivity index (χ1n) is 14.0. The molecule has 2 atom stereocenters. The van der Waals surface area contributed by atoms with Gasteiger partial charge < -0.3 is 24.8 Å². The lowest BCUT2D eigenvalue weighted by atomic mass is 9.78. The Bertz CT molecular complexity index is 1230. The summed E-state index contributed by atoms with van der Waals surface area (Å²) in [7, 11) is 0. The Labute approximate surface area is 244 Å². The van der Waals surface area contributed by atoms with Crippen molar-refractivity contribution < 1.29 is 33.0 Å². The van der Waals surface area contributed by atoms with Gasteiger partial charge in [-0.05, 0) is 69.6 Å². The second kappa shape index (κ2) is 12.6. The van der Waals surface area contributed by atoms with E-state index in [1.165, 1.54) is 18.2 Å². The van der Waals surface area contributed by atoms with Crippen LogP contribution in [0.2, 0.25) is 5.02 Å². The molecular weight excluding hydrogens is 558 g/mol. The Morgan fingerprint density at radius 2 is 1.95 bits per heavy atom. The van der Waals surface area contributed by atoms with E-state index in [1.807, 2.05) is 33.8 Å². The molecule has 1 aromatic heterocycles. The molecule has 226 valence electrons. The van der Waals surface area contributed by atoms with Crippen molar-refractivity contribution in [2.45, 2.75) is 77.0 Å². The van der Waals surface area contributed by atoms with E-state index >= 15 is 0 Å². The molecule has 2 unspecified atom stereocenters. The number of carbonyl (C=O) groups is 2. The Kier molecular flexibility index (Phi) is 9.60. The average Bonchev–Trinajstić information content (AvgIpc) is 3.39. The number of ether oxygens (including phenoxy) is 2. The minimum absolute atomic E-state index is 0.0111. The number of halogens is 3. The molecule has 0 radical (unpaired) electrons. The highest BCUT2D eigenvalue weighted by Crippen LogP contribution is 2.38. The third kappa shape index (κ3) is 7.18. The Morgan fingerprint density at radius 3 is 2.56 bits per heavy atom. The van der Waals surface area contributed by atoms with Crippen LogP contribution in [0.4, 0.5) is 14.5 Å². The molecule has 2 N–H and O–H groups in total. The van der Waals surface area contributed by atoms with Crippen molar-refractivity contribution in [2.75, 3.05) is 31.6 Å². The molecule has 0 bridgehead atoms. The fraction of sp³-hybridized carbons (Fsp3) is 0.621. The average molecular weight is 597 g/mol. The zero-order chi connectivity index (χ0) is 29.9. The number of carboxylic acids is 1. The summed E-state index contributed by atoms with van der Waals surface area (Å²) in [4.78, 5) is 28.5. The lowest BCUT2D eigenvalue weighted by molar-refractivity contribution is -0.150. The number of hydrogen-bond acceptors (Lipinski definition) is 6. The van der Waals surface area contributed by atoms with Crippen LogP contribution >= 0.6 is 11.6 Å². The summed E-state index contributed by atoms with van der Waals surface area (Å²) in [5, 5.41) is 17.6. The summed E-state index contributed by atoms with van der Waals surface area (Å²) < 4.78 is 38.4. The minimum Gasteiger partial charge on any atom is -0.481 e. The van der Waals surface area contributed by atoms with Gasteiger partial charge in [-0.1, -0.05) is 25.4 Å². The van der Waals surface area contributed by atoms with Crippen LogP contribution in [0, 0.1) is 11.8 Å². The summed E-state index contributed by atoms with van der Waals surface area (Å²) in [5.74, 6) is -1.97. The quantitative estimate of drug-likeness (QED) is 0.368. The highest BCUT2D eigenvalue weighted by molar-refractivity contribution is 6.30. The van der Waals surface area contributed by atoms with Crippen molar-refractivity contribution in [3.63, 3.8) is 0 Å². The lowest BCUT2D eigenvalue weighted by Crippen LogP contribution is -2.55. The maximum Gasteiger partial charge on any atom is 0.387 e. The third-order valence-corrected chi connectivity index (χ3v) is 8.49. The molecule has 41 heavy (non-hydrogen) atoms. The molecule has 1 aromatic carbocycles. The van der Waals surface area contributed by atoms with Crippen molar-refractivity contribution in [3.8, 4) is 5.75 Å². The van der Waals surface area contributed by atoms with Gasteiger partial charge in [0.1, 0.15) is 5.54 Å². The topological polar surface area (TPSA) is 106 Å². The van der Waals surface area contributed by atoms with Gasteiger partial charge in [-0.15, -0.1) is 0 Å². The maximum atomic E-state index is 14.1. The number of alkyl halides is 2. The van der Waals surface area contributed by atoms with Gasteiger partial charge in [-0.25, -0.2) is 0 Å². The van der Waals surface area contributed by atoms with Crippen LogP contribution in [-0.2, 0) is 19.9 Å². The van der Waals surface area contributed by atoms with E-state index in [0.29, 0.717) is 51.9 Å². The standard InChI is InChI=1S/C29H39ClF2N4O5/c1-18(2)23-7-11-33-36(23)29(26(39)34-22-6-5-20(30)15-24(22)41-27(31)32)9-12-35(13-10-29)17-21(25(37)38)19-8-14-40-28(3,4)16-19/h5-7,11,15,18-19,21,27H,8-10,12-14,16-17H2,1-4H3,(H,34,39)(H,37,38). The Balaban J connectivity index is 1.58. The number of nitrogens with one attached hydrogen (secondary N) is 1. The van der Waals surface area contributed by atoms with Crippen molar-refractivity contribution in [2.24, 2.45) is 11.8 Å². The van der Waals surface area contributed by atoms with E-state index in [1.54, 1.807) is 10.9 Å². The van der Waals surface area contributed by atoms with Gasteiger partial charge in [0, 0.05) is 49.2 Å². The number of likely N-dealkylation sites (tertiary alicyclic amines) is 1. The molecule has 2 aromatic rings. The smallest absolute Gasteiger partial charge is 0.387 e. The van der Waals surface area contributed by atoms with Crippen molar-refractivity contribution in [3.05, 3.63) is 41.2 Å². The van der Waals surface area contributed by atoms with Gasteiger partial charge in [0.2, 0.25) is 0 Å². The SMILES string of the molecule is CC(C)c1ccnn1C1(C(=O)Nc2ccc(Cl)cc2OC(F)F)CCN(CC(C(=O)O)C2CCOC(C)(C)C2)CC1. The number of aromatic nitrogens is 2. The first-order chi connectivity index (χ1) is 19.3. The molecule has 2 fully saturated rings. The van der Waals surface area contributed by atoms with Crippen molar-refractivity contribution in [1.82, 2.24) is 14.7 Å². The number of amides is 1. The number of anilines is 1. The van der Waals surface area contributed by atoms with Gasteiger partial charge in [0.15, 0.2) is 5.75 Å². The monoisotopic (exact) mass is 596 g/mol. The highest BCUT2D eigenvalue weighted by atomic mass is 35.5. The van der Waals surface area contributed by atoms with E-state index < -0.39 is 29.9 Å². The molecule has 2 saturated heterocycles. The van der Waals surface area contributed by atoms with Crippen LogP contribution in [0.25, 0.3) is 0 Å². The molecule has 0 saturated carbocycles. The fourth-order valence-corrected chi connectivity index (χ4v) is 6.27. The number of carboxylic acid groups (broad SMARTS) is 1. The largest absolute Gasteiger partial charge is 0.481 e. The number of nitrogens with zero attached hydrogens (tertiary/aromatic N) is 3. The van der Waals surface area contributed by atoms with E-state index in [-0.39, 0.29) is 33.9 Å². The van der Waals surface area contributed by atoms with Crippen molar-refractivity contribution in [1.29, 1.82) is 0 Å². The second-order valence-corrected chi connectivity index (χ2v) is 12.4. The van der Waals surface area contributed by atoms with E-state index in [0.717, 1.165) is 5.69 Å². The minimum atomic E-state index is -3.09. The molecule has 0 spiro atoms. The van der Waals surface area contributed by atoms with Gasteiger partial charge in [-0.2, -0.15) is 13.9 Å². The van der Waals surface area contributed by atoms with Crippen LogP contribution < -0.4 is 10.1 Å². The number of aliphatic carboxylic acids is 1. The molecule has 1 amide bonds. The molecular formula is C29H39ClF2N4O5. The lowest BCUT2D eigenvalue weighted by Gasteiger charge is -2.44. The predicted octanol–water partition coefficient (Wildman–Crippen LogP) is 5.60. The van der Waals surface area contributed by atoms with Crippen LogP contribution in [0.5, 0.6) is 5.75 Å². The van der Waals surface area contributed by atoms with E-state index in [4.69, 9.17) is 16.3 Å². The third-order valence-electron chi connectivity index (χ3n) is 8.26. The summed E-state index contributed by atoms with van der Waals surface area (Å²) in [5.41, 5.74) is -0.552. The molecule has 0 aliphatic carbocycles. The normalized spacial score (nSPS) is 21.5. The fourth-order valence-electron chi connectivity index (χ4n) is 6.11. The highest BCUT2D eigenvalue weighted by Gasteiger charge is 2.46. The van der Waals surface area contributed by atoms with Crippen LogP contribution in [0.1, 0.15) is 65.0 Å². The first-order valence-corrected chi connectivity index (χ1v) is 14.4. The summed E-state index contributed by atoms with van der Waals surface area (Å²) in [6, 6.07) is 6.02. The molecule has 2 aliphatic heterocycles. The van der Waals surface area contributed by atoms with E-state index in [2.05, 4.69) is 20.1 Å². The number of rotatable bonds is 10. The van der Waals surface area contributed by atoms with Gasteiger partial charge in [-0.3, -0.25) is 14.3 Å². The second-order valence-electron chi connectivity index (χ2n) is 11.9. The Morgan fingerprint density at radius 1 is 1.24 bits per heavy atom. The Hall–Kier alpha value is -2.76. The van der Waals surface area contributed by atoms with Crippen LogP contribution in [-0.4, -0.2) is 70.1 Å². The van der Waals surface area contributed by atoms with Crippen molar-refractivity contribution >= 4 is 29.2 Å².